The molecule has 0 unspecified atom stereocenters. The number of nitrogens with zero attached hydrogens (tertiary/aromatic N) is 6. The lowest BCUT2D eigenvalue weighted by Gasteiger charge is -2.32. The molecule has 0 amide bonds. The molecule has 1 aromatic carbocycles. The Balaban J connectivity index is 1.55. The largest absolute Gasteiger partial charge is 0.350 e. The number of thiazole rings is 1. The SMILES string of the molecule is CC(C)c1cnc(Nc2nc(NCc3ccc(F)cc3)nc(N3CCN(C)CC3)n2)s1. The van der Waals surface area contributed by atoms with E-state index in [0.29, 0.717) is 30.3 Å². The number of halogens is 1. The van der Waals surface area contributed by atoms with Crippen LogP contribution in [0.1, 0.15) is 30.2 Å². The summed E-state index contributed by atoms with van der Waals surface area (Å²) in [5.74, 6) is 1.72. The lowest BCUT2D eigenvalue weighted by molar-refractivity contribution is 0.311. The van der Waals surface area contributed by atoms with Crippen LogP contribution in [0.3, 0.4) is 0 Å². The third kappa shape index (κ3) is 5.65. The van der Waals surface area contributed by atoms with Crippen LogP contribution in [0.5, 0.6) is 0 Å². The molecule has 1 saturated heterocycles. The molecule has 0 spiro atoms. The zero-order chi connectivity index (χ0) is 21.8. The lowest BCUT2D eigenvalue weighted by atomic mass is 10.2. The van der Waals surface area contributed by atoms with Gasteiger partial charge in [-0.1, -0.05) is 26.0 Å². The molecule has 2 aromatic heterocycles. The van der Waals surface area contributed by atoms with Crippen molar-refractivity contribution in [3.8, 4) is 0 Å². The van der Waals surface area contributed by atoms with Gasteiger partial charge in [0, 0.05) is 43.8 Å². The summed E-state index contributed by atoms with van der Waals surface area (Å²) in [5.41, 5.74) is 0.943. The van der Waals surface area contributed by atoms with Crippen molar-refractivity contribution in [3.63, 3.8) is 0 Å². The van der Waals surface area contributed by atoms with Crippen LogP contribution in [-0.2, 0) is 6.54 Å². The number of aromatic nitrogens is 4. The molecule has 3 heterocycles. The zero-order valence-corrected chi connectivity index (χ0v) is 18.8. The first-order valence-electron chi connectivity index (χ1n) is 10.4. The van der Waals surface area contributed by atoms with Crippen LogP contribution in [0.25, 0.3) is 0 Å². The molecule has 8 nitrogen and oxygen atoms in total. The lowest BCUT2D eigenvalue weighted by Crippen LogP contribution is -2.45. The highest BCUT2D eigenvalue weighted by atomic mass is 32.1. The van der Waals surface area contributed by atoms with E-state index >= 15 is 0 Å². The van der Waals surface area contributed by atoms with E-state index in [4.69, 9.17) is 0 Å². The number of rotatable bonds is 7. The second kappa shape index (κ2) is 9.52. The molecule has 4 rings (SSSR count). The molecule has 0 aliphatic carbocycles. The molecule has 164 valence electrons. The number of benzene rings is 1. The van der Waals surface area contributed by atoms with Crippen molar-refractivity contribution in [1.82, 2.24) is 24.8 Å². The van der Waals surface area contributed by atoms with Gasteiger partial charge in [-0.2, -0.15) is 15.0 Å². The number of anilines is 4. The summed E-state index contributed by atoms with van der Waals surface area (Å²) in [4.78, 5) is 23.9. The molecule has 1 fully saturated rings. The highest BCUT2D eigenvalue weighted by Crippen LogP contribution is 2.27. The third-order valence-corrected chi connectivity index (χ3v) is 6.30. The first-order valence-corrected chi connectivity index (χ1v) is 11.2. The molecule has 2 N–H and O–H groups in total. The van der Waals surface area contributed by atoms with Crippen LogP contribution in [0, 0.1) is 5.82 Å². The molecular formula is C21H27FN8S. The number of piperazine rings is 1. The maximum atomic E-state index is 13.2. The Labute approximate surface area is 185 Å². The summed E-state index contributed by atoms with van der Waals surface area (Å²) in [7, 11) is 2.11. The summed E-state index contributed by atoms with van der Waals surface area (Å²) in [6.07, 6.45) is 1.88. The normalized spacial score (nSPS) is 14.8. The molecule has 0 saturated carbocycles. The van der Waals surface area contributed by atoms with Gasteiger partial charge in [-0.15, -0.1) is 11.3 Å². The van der Waals surface area contributed by atoms with E-state index in [-0.39, 0.29) is 5.82 Å². The van der Waals surface area contributed by atoms with E-state index in [1.807, 2.05) is 6.20 Å². The Hall–Kier alpha value is -2.85. The Morgan fingerprint density at radius 1 is 1.03 bits per heavy atom. The minimum absolute atomic E-state index is 0.253. The van der Waals surface area contributed by atoms with Gasteiger partial charge in [-0.3, -0.25) is 5.32 Å². The predicted octanol–water partition coefficient (Wildman–Crippen LogP) is 3.70. The van der Waals surface area contributed by atoms with Crippen molar-refractivity contribution in [1.29, 1.82) is 0 Å². The smallest absolute Gasteiger partial charge is 0.235 e. The van der Waals surface area contributed by atoms with Crippen molar-refractivity contribution in [2.45, 2.75) is 26.3 Å². The summed E-state index contributed by atoms with van der Waals surface area (Å²) in [6, 6.07) is 6.38. The average molecular weight is 443 g/mol. The molecule has 0 radical (unpaired) electrons. The van der Waals surface area contributed by atoms with Gasteiger partial charge < -0.3 is 15.1 Å². The van der Waals surface area contributed by atoms with Crippen LogP contribution in [0.2, 0.25) is 0 Å². The molecular weight excluding hydrogens is 415 g/mol. The van der Waals surface area contributed by atoms with Gasteiger partial charge in [0.15, 0.2) is 5.13 Å². The molecule has 1 aliphatic rings. The Bertz CT molecular complexity index is 999. The monoisotopic (exact) mass is 442 g/mol. The molecule has 0 bridgehead atoms. The fourth-order valence-corrected chi connectivity index (χ4v) is 3.95. The van der Waals surface area contributed by atoms with E-state index < -0.39 is 0 Å². The molecule has 31 heavy (non-hydrogen) atoms. The van der Waals surface area contributed by atoms with Crippen LogP contribution >= 0.6 is 11.3 Å². The minimum atomic E-state index is -0.253. The highest BCUT2D eigenvalue weighted by Gasteiger charge is 2.19. The summed E-state index contributed by atoms with van der Waals surface area (Å²) >= 11 is 1.60. The maximum absolute atomic E-state index is 13.2. The Morgan fingerprint density at radius 2 is 1.74 bits per heavy atom. The topological polar surface area (TPSA) is 82.1 Å². The molecule has 10 heteroatoms. The van der Waals surface area contributed by atoms with Crippen molar-refractivity contribution in [2.24, 2.45) is 0 Å². The summed E-state index contributed by atoms with van der Waals surface area (Å²) in [6.45, 7) is 8.39. The fourth-order valence-electron chi connectivity index (χ4n) is 3.14. The van der Waals surface area contributed by atoms with E-state index in [1.165, 1.54) is 17.0 Å². The van der Waals surface area contributed by atoms with E-state index in [2.05, 4.69) is 61.3 Å². The second-order valence-corrected chi connectivity index (χ2v) is 8.96. The molecule has 1 aliphatic heterocycles. The van der Waals surface area contributed by atoms with Crippen molar-refractivity contribution in [2.75, 3.05) is 48.8 Å². The van der Waals surface area contributed by atoms with Crippen molar-refractivity contribution in [3.05, 3.63) is 46.7 Å². The zero-order valence-electron chi connectivity index (χ0n) is 18.0. The maximum Gasteiger partial charge on any atom is 0.235 e. The van der Waals surface area contributed by atoms with Gasteiger partial charge in [-0.25, -0.2) is 9.37 Å². The van der Waals surface area contributed by atoms with Gasteiger partial charge in [0.25, 0.3) is 0 Å². The van der Waals surface area contributed by atoms with Gasteiger partial charge >= 0.3 is 0 Å². The summed E-state index contributed by atoms with van der Waals surface area (Å²) < 4.78 is 13.2. The van der Waals surface area contributed by atoms with Crippen molar-refractivity contribution < 1.29 is 4.39 Å². The quantitative estimate of drug-likeness (QED) is 0.573. The first-order chi connectivity index (χ1) is 15.0. The number of nitrogens with one attached hydrogen (secondary N) is 2. The molecule has 3 aromatic rings. The molecule has 0 atom stereocenters. The van der Waals surface area contributed by atoms with Gasteiger partial charge in [-0.05, 0) is 30.7 Å². The Kier molecular flexibility index (Phi) is 6.57. The van der Waals surface area contributed by atoms with Crippen LogP contribution in [-0.4, -0.2) is 58.1 Å². The first kappa shape index (κ1) is 21.4. The minimum Gasteiger partial charge on any atom is -0.350 e. The average Bonchev–Trinajstić information content (AvgIpc) is 3.22. The number of likely N-dealkylation sites (N-methyl/N-ethyl adjacent to an activating group) is 1. The number of hydrogen-bond acceptors (Lipinski definition) is 9. The fraction of sp³-hybridized carbons (Fsp3) is 0.429. The standard InChI is InChI=1S/C21H27FN8S/c1-14(2)17-13-24-21(31-17)28-19-25-18(23-12-15-4-6-16(22)7-5-15)26-20(27-19)30-10-8-29(3)9-11-30/h4-7,13-14H,8-12H2,1-3H3,(H2,23,24,25,26,27,28). The van der Waals surface area contributed by atoms with Crippen LogP contribution in [0.15, 0.2) is 30.5 Å². The third-order valence-electron chi connectivity index (χ3n) is 5.08. The number of hydrogen-bond donors (Lipinski definition) is 2. The predicted molar refractivity (Wildman–Crippen MR) is 123 cm³/mol. The van der Waals surface area contributed by atoms with Crippen molar-refractivity contribution >= 4 is 34.3 Å². The van der Waals surface area contributed by atoms with Gasteiger partial charge in [0.1, 0.15) is 5.82 Å². The van der Waals surface area contributed by atoms with E-state index in [0.717, 1.165) is 36.9 Å². The summed E-state index contributed by atoms with van der Waals surface area (Å²) in [5, 5.41) is 7.22. The second-order valence-electron chi connectivity index (χ2n) is 7.90. The van der Waals surface area contributed by atoms with Gasteiger partial charge in [0.05, 0.1) is 0 Å². The Morgan fingerprint density at radius 3 is 2.42 bits per heavy atom. The highest BCUT2D eigenvalue weighted by molar-refractivity contribution is 7.15. The van der Waals surface area contributed by atoms with Crippen LogP contribution in [0.4, 0.5) is 27.4 Å². The van der Waals surface area contributed by atoms with E-state index in [9.17, 15) is 4.39 Å². The van der Waals surface area contributed by atoms with Gasteiger partial charge in [0.2, 0.25) is 17.8 Å². The van der Waals surface area contributed by atoms with Crippen LogP contribution < -0.4 is 15.5 Å². The van der Waals surface area contributed by atoms with E-state index in [1.54, 1.807) is 23.5 Å².